The van der Waals surface area contributed by atoms with Gasteiger partial charge in [0, 0.05) is 34.8 Å². The normalized spacial score (nSPS) is 11.0. The molecule has 0 aliphatic heterocycles. The molecule has 40 heavy (non-hydrogen) atoms. The number of nitrogens with zero attached hydrogens (tertiary/aromatic N) is 4. The van der Waals surface area contributed by atoms with E-state index >= 15 is 0 Å². The van der Waals surface area contributed by atoms with Gasteiger partial charge in [-0.15, -0.1) is 10.2 Å². The second kappa shape index (κ2) is 11.3. The van der Waals surface area contributed by atoms with Crippen LogP contribution in [0.15, 0.2) is 103 Å². The summed E-state index contributed by atoms with van der Waals surface area (Å²) in [5.41, 5.74) is 13.3. The molecule has 1 amide bonds. The molecule has 6 aromatic rings. The number of nitrogens with two attached hydrogens (primary N) is 1. The Hall–Kier alpha value is -5.21. The molecule has 0 aliphatic carbocycles. The fourth-order valence-electron chi connectivity index (χ4n) is 4.65. The first-order valence-corrected chi connectivity index (χ1v) is 13.0. The van der Waals surface area contributed by atoms with Crippen molar-refractivity contribution in [2.75, 3.05) is 0 Å². The van der Waals surface area contributed by atoms with Gasteiger partial charge in [-0.05, 0) is 23.3 Å². The Bertz CT molecular complexity index is 1770. The van der Waals surface area contributed by atoms with Crippen molar-refractivity contribution in [2.24, 2.45) is 5.73 Å². The summed E-state index contributed by atoms with van der Waals surface area (Å²) >= 11 is 0. The Kier molecular flexibility index (Phi) is 7.07. The van der Waals surface area contributed by atoms with E-state index in [0.29, 0.717) is 18.2 Å². The fourth-order valence-corrected chi connectivity index (χ4v) is 4.65. The molecule has 0 saturated heterocycles. The zero-order chi connectivity index (χ0) is 27.3. The fraction of sp³-hybridized carbons (Fsp3) is 0.0938. The number of hydrogen-bond acceptors (Lipinski definition) is 6. The van der Waals surface area contributed by atoms with Crippen LogP contribution in [0.25, 0.3) is 44.7 Å². The van der Waals surface area contributed by atoms with Gasteiger partial charge in [0.1, 0.15) is 5.82 Å². The second-order valence-corrected chi connectivity index (χ2v) is 9.42. The minimum atomic E-state index is -0.178. The van der Waals surface area contributed by atoms with Gasteiger partial charge in [-0.3, -0.25) is 9.78 Å². The molecule has 0 unspecified atom stereocenters. The Balaban J connectivity index is 1.27. The van der Waals surface area contributed by atoms with Gasteiger partial charge in [-0.1, -0.05) is 84.9 Å². The van der Waals surface area contributed by atoms with E-state index in [1.165, 1.54) is 0 Å². The third-order valence-corrected chi connectivity index (χ3v) is 6.74. The number of rotatable bonds is 8. The summed E-state index contributed by atoms with van der Waals surface area (Å²) in [6.45, 7) is 0.749. The van der Waals surface area contributed by atoms with E-state index in [4.69, 9.17) is 10.7 Å². The number of benzene rings is 3. The van der Waals surface area contributed by atoms with Crippen molar-refractivity contribution >= 4 is 16.8 Å². The number of aromatic nitrogens is 5. The minimum absolute atomic E-state index is 0.0844. The standard InChI is InChI=1S/C32H27N7O/c33-19-21-11-13-23(14-12-21)31-25(22-7-3-1-4-8-22)17-26-27(36-31)15-16-34-28(26)20-35-30(40)18-29-37-32(39-38-29)24-9-5-2-6-10-24/h1-17H,18-20,33H2,(H,35,40)(H,37,38,39). The Labute approximate surface area is 231 Å². The smallest absolute Gasteiger partial charge is 0.227 e. The average molecular weight is 526 g/mol. The van der Waals surface area contributed by atoms with Crippen LogP contribution < -0.4 is 11.1 Å². The first kappa shape index (κ1) is 25.1. The quantitative estimate of drug-likeness (QED) is 0.255. The van der Waals surface area contributed by atoms with Crippen LogP contribution in [0.3, 0.4) is 0 Å². The topological polar surface area (TPSA) is 122 Å². The number of fused-ring (bicyclic) bond motifs is 1. The highest BCUT2D eigenvalue weighted by Crippen LogP contribution is 2.34. The highest BCUT2D eigenvalue weighted by molar-refractivity contribution is 5.93. The van der Waals surface area contributed by atoms with Gasteiger partial charge in [0.15, 0.2) is 5.82 Å². The van der Waals surface area contributed by atoms with Crippen molar-refractivity contribution in [2.45, 2.75) is 19.5 Å². The number of pyridine rings is 2. The van der Waals surface area contributed by atoms with Gasteiger partial charge < -0.3 is 16.0 Å². The molecule has 8 heteroatoms. The van der Waals surface area contributed by atoms with E-state index in [1.54, 1.807) is 6.20 Å². The molecule has 0 atom stereocenters. The molecule has 0 aliphatic rings. The lowest BCUT2D eigenvalue weighted by Crippen LogP contribution is -2.25. The number of aromatic amines is 1. The van der Waals surface area contributed by atoms with Crippen LogP contribution in [-0.2, 0) is 24.3 Å². The van der Waals surface area contributed by atoms with E-state index < -0.39 is 0 Å². The predicted octanol–water partition coefficient (Wildman–Crippen LogP) is 5.07. The number of hydrogen-bond donors (Lipinski definition) is 3. The van der Waals surface area contributed by atoms with Crippen LogP contribution >= 0.6 is 0 Å². The van der Waals surface area contributed by atoms with Crippen molar-refractivity contribution in [1.29, 1.82) is 0 Å². The van der Waals surface area contributed by atoms with Crippen LogP contribution in [0.4, 0.5) is 0 Å². The van der Waals surface area contributed by atoms with Crippen LogP contribution in [0.1, 0.15) is 17.1 Å². The molecular formula is C32H27N7O. The summed E-state index contributed by atoms with van der Waals surface area (Å²) in [5, 5.41) is 12.2. The molecule has 196 valence electrons. The van der Waals surface area contributed by atoms with Gasteiger partial charge in [0.25, 0.3) is 0 Å². The first-order valence-electron chi connectivity index (χ1n) is 13.0. The van der Waals surface area contributed by atoms with Crippen molar-refractivity contribution in [3.8, 4) is 33.8 Å². The third kappa shape index (κ3) is 5.34. The lowest BCUT2D eigenvalue weighted by Gasteiger charge is -2.14. The SMILES string of the molecule is NCc1ccc(-c2nc3ccnc(CNC(=O)Cc4nnc(-c5ccccc5)[nH]4)c3cc2-c2ccccc2)cc1. The van der Waals surface area contributed by atoms with Gasteiger partial charge in [-0.2, -0.15) is 0 Å². The Morgan fingerprint density at radius 2 is 1.55 bits per heavy atom. The molecule has 0 radical (unpaired) electrons. The summed E-state index contributed by atoms with van der Waals surface area (Å²) in [6.07, 6.45) is 1.81. The van der Waals surface area contributed by atoms with Crippen LogP contribution in [-0.4, -0.2) is 31.1 Å². The van der Waals surface area contributed by atoms with E-state index in [-0.39, 0.29) is 18.9 Å². The third-order valence-electron chi connectivity index (χ3n) is 6.74. The lowest BCUT2D eigenvalue weighted by molar-refractivity contribution is -0.120. The molecule has 0 bridgehead atoms. The highest BCUT2D eigenvalue weighted by atomic mass is 16.1. The molecule has 6 rings (SSSR count). The predicted molar refractivity (Wildman–Crippen MR) is 156 cm³/mol. The number of carbonyl (C=O) groups is 1. The molecule has 0 saturated carbocycles. The average Bonchev–Trinajstić information content (AvgIpc) is 3.48. The molecule has 4 N–H and O–H groups in total. The Morgan fingerprint density at radius 3 is 2.27 bits per heavy atom. The maximum Gasteiger partial charge on any atom is 0.227 e. The van der Waals surface area contributed by atoms with E-state index in [2.05, 4.69) is 55.8 Å². The molecule has 3 aromatic heterocycles. The highest BCUT2D eigenvalue weighted by Gasteiger charge is 2.15. The molecule has 3 aromatic carbocycles. The second-order valence-electron chi connectivity index (χ2n) is 9.42. The largest absolute Gasteiger partial charge is 0.350 e. The van der Waals surface area contributed by atoms with E-state index in [1.807, 2.05) is 66.7 Å². The van der Waals surface area contributed by atoms with Gasteiger partial charge in [0.05, 0.1) is 29.9 Å². The van der Waals surface area contributed by atoms with E-state index in [9.17, 15) is 4.79 Å². The van der Waals surface area contributed by atoms with Gasteiger partial charge in [-0.25, -0.2) is 4.98 Å². The van der Waals surface area contributed by atoms with Gasteiger partial charge >= 0.3 is 0 Å². The number of amides is 1. The summed E-state index contributed by atoms with van der Waals surface area (Å²) in [5.74, 6) is 0.954. The maximum atomic E-state index is 12.8. The lowest BCUT2D eigenvalue weighted by atomic mass is 9.96. The number of carbonyl (C=O) groups excluding carboxylic acids is 1. The zero-order valence-electron chi connectivity index (χ0n) is 21.7. The zero-order valence-corrected chi connectivity index (χ0v) is 21.7. The van der Waals surface area contributed by atoms with Crippen molar-refractivity contribution in [3.05, 3.63) is 120 Å². The summed E-state index contributed by atoms with van der Waals surface area (Å²) in [4.78, 5) is 25.6. The molecule has 8 nitrogen and oxygen atoms in total. The molecule has 3 heterocycles. The summed E-state index contributed by atoms with van der Waals surface area (Å²) < 4.78 is 0. The summed E-state index contributed by atoms with van der Waals surface area (Å²) in [7, 11) is 0. The van der Waals surface area contributed by atoms with Crippen molar-refractivity contribution < 1.29 is 4.79 Å². The summed E-state index contributed by atoms with van der Waals surface area (Å²) in [6, 6.07) is 32.0. The molecule has 0 spiro atoms. The van der Waals surface area contributed by atoms with Gasteiger partial charge in [0.2, 0.25) is 5.91 Å². The monoisotopic (exact) mass is 525 g/mol. The van der Waals surface area contributed by atoms with Crippen LogP contribution in [0.5, 0.6) is 0 Å². The van der Waals surface area contributed by atoms with Crippen LogP contribution in [0.2, 0.25) is 0 Å². The number of nitrogens with one attached hydrogen (secondary N) is 2. The number of H-pyrrole nitrogens is 1. The maximum absolute atomic E-state index is 12.8. The first-order chi connectivity index (χ1) is 19.7. The minimum Gasteiger partial charge on any atom is -0.350 e. The molecular weight excluding hydrogens is 498 g/mol. The molecule has 0 fully saturated rings. The Morgan fingerprint density at radius 1 is 0.825 bits per heavy atom. The van der Waals surface area contributed by atoms with Crippen molar-refractivity contribution in [3.63, 3.8) is 0 Å². The van der Waals surface area contributed by atoms with E-state index in [0.717, 1.165) is 50.1 Å². The van der Waals surface area contributed by atoms with Crippen LogP contribution in [0, 0.1) is 0 Å². The van der Waals surface area contributed by atoms with Crippen molar-refractivity contribution in [1.82, 2.24) is 30.5 Å².